The Morgan fingerprint density at radius 2 is 2.33 bits per heavy atom. The highest BCUT2D eigenvalue weighted by atomic mass is 16.3. The van der Waals surface area contributed by atoms with Crippen LogP contribution in [0.3, 0.4) is 0 Å². The second kappa shape index (κ2) is 3.32. The maximum absolute atomic E-state index is 9.26. The second-order valence-electron chi connectivity index (χ2n) is 4.10. The summed E-state index contributed by atoms with van der Waals surface area (Å²) < 4.78 is 1.92. The Bertz CT molecular complexity index is 488. The topological polar surface area (TPSA) is 64.1 Å². The van der Waals surface area contributed by atoms with Crippen LogP contribution in [-0.2, 0) is 12.6 Å². The summed E-state index contributed by atoms with van der Waals surface area (Å²) in [5, 5.41) is 10.3. The third-order valence-corrected chi connectivity index (χ3v) is 2.68. The zero-order valence-corrected chi connectivity index (χ0v) is 8.94. The van der Waals surface area contributed by atoms with Gasteiger partial charge in [0.1, 0.15) is 5.65 Å². The highest BCUT2D eigenvalue weighted by Gasteiger charge is 2.24. The number of aliphatic hydroxyl groups excluding tert-OH is 1. The van der Waals surface area contributed by atoms with Crippen molar-refractivity contribution in [2.24, 2.45) is 12.8 Å². The van der Waals surface area contributed by atoms with Crippen molar-refractivity contribution in [3.8, 4) is 0 Å². The first kappa shape index (κ1) is 10.1. The summed E-state index contributed by atoms with van der Waals surface area (Å²) in [4.78, 5) is 4.27. The smallest absolute Gasteiger partial charge is 0.139 e. The second-order valence-corrected chi connectivity index (χ2v) is 4.10. The molecule has 0 fully saturated rings. The van der Waals surface area contributed by atoms with E-state index in [1.807, 2.05) is 36.9 Å². The third kappa shape index (κ3) is 1.52. The first-order chi connectivity index (χ1) is 7.06. The van der Waals surface area contributed by atoms with E-state index >= 15 is 0 Å². The molecule has 3 N–H and O–H groups in total. The van der Waals surface area contributed by atoms with E-state index in [2.05, 4.69) is 4.98 Å². The lowest BCUT2D eigenvalue weighted by Crippen LogP contribution is -2.36. The minimum absolute atomic E-state index is 0.0823. The Balaban J connectivity index is 2.72. The predicted molar refractivity (Wildman–Crippen MR) is 59.3 cm³/mol. The molecule has 2 aromatic rings. The maximum Gasteiger partial charge on any atom is 0.139 e. The lowest BCUT2D eigenvalue weighted by atomic mass is 9.94. The molecule has 2 rings (SSSR count). The number of aromatic nitrogens is 2. The van der Waals surface area contributed by atoms with Crippen LogP contribution in [0, 0.1) is 0 Å². The molecule has 4 nitrogen and oxygen atoms in total. The van der Waals surface area contributed by atoms with Crippen LogP contribution < -0.4 is 5.73 Å². The molecule has 0 saturated carbocycles. The van der Waals surface area contributed by atoms with Crippen LogP contribution >= 0.6 is 0 Å². The fourth-order valence-electron chi connectivity index (χ4n) is 1.75. The van der Waals surface area contributed by atoms with Gasteiger partial charge in [-0.25, -0.2) is 4.98 Å². The average molecular weight is 205 g/mol. The Morgan fingerprint density at radius 3 is 3.00 bits per heavy atom. The normalized spacial score (nSPS) is 15.5. The molecule has 80 valence electrons. The molecule has 0 spiro atoms. The van der Waals surface area contributed by atoms with Crippen molar-refractivity contribution in [3.63, 3.8) is 0 Å². The van der Waals surface area contributed by atoms with Gasteiger partial charge in [0, 0.05) is 30.4 Å². The van der Waals surface area contributed by atoms with Crippen molar-refractivity contribution in [1.82, 2.24) is 9.55 Å². The van der Waals surface area contributed by atoms with E-state index in [1.54, 1.807) is 6.20 Å². The van der Waals surface area contributed by atoms with Crippen LogP contribution in [0.5, 0.6) is 0 Å². The minimum atomic E-state index is -0.720. The molecular weight excluding hydrogens is 190 g/mol. The van der Waals surface area contributed by atoms with Gasteiger partial charge in [0.2, 0.25) is 0 Å². The van der Waals surface area contributed by atoms with Crippen LogP contribution in [0.25, 0.3) is 11.0 Å². The minimum Gasteiger partial charge on any atom is -0.394 e. The van der Waals surface area contributed by atoms with Crippen molar-refractivity contribution in [2.45, 2.75) is 12.5 Å². The molecule has 15 heavy (non-hydrogen) atoms. The molecule has 1 atom stereocenters. The fourth-order valence-corrected chi connectivity index (χ4v) is 1.75. The van der Waals surface area contributed by atoms with Crippen LogP contribution in [0.15, 0.2) is 24.5 Å². The summed E-state index contributed by atoms with van der Waals surface area (Å²) in [6, 6.07) is 3.84. The molecule has 1 unspecified atom stereocenters. The summed E-state index contributed by atoms with van der Waals surface area (Å²) in [6.07, 6.45) is 3.67. The van der Waals surface area contributed by atoms with Crippen molar-refractivity contribution in [3.05, 3.63) is 30.1 Å². The molecule has 2 aromatic heterocycles. The van der Waals surface area contributed by atoms with Crippen molar-refractivity contribution >= 4 is 11.0 Å². The zero-order chi connectivity index (χ0) is 11.1. The van der Waals surface area contributed by atoms with Gasteiger partial charge >= 0.3 is 0 Å². The van der Waals surface area contributed by atoms with Gasteiger partial charge in [-0.3, -0.25) is 0 Å². The number of hydrogen-bond acceptors (Lipinski definition) is 3. The quantitative estimate of drug-likeness (QED) is 0.760. The van der Waals surface area contributed by atoms with E-state index in [0.717, 1.165) is 16.6 Å². The molecule has 0 aliphatic heterocycles. The monoisotopic (exact) mass is 205 g/mol. The number of pyridine rings is 1. The molecule has 0 saturated heterocycles. The average Bonchev–Trinajstić information content (AvgIpc) is 2.58. The molecule has 0 aliphatic rings. The number of hydrogen-bond donors (Lipinski definition) is 2. The Morgan fingerprint density at radius 1 is 1.60 bits per heavy atom. The third-order valence-electron chi connectivity index (χ3n) is 2.68. The van der Waals surface area contributed by atoms with E-state index in [9.17, 15) is 5.11 Å². The summed E-state index contributed by atoms with van der Waals surface area (Å²) >= 11 is 0. The first-order valence-corrected chi connectivity index (χ1v) is 4.86. The van der Waals surface area contributed by atoms with E-state index in [0.29, 0.717) is 0 Å². The summed E-state index contributed by atoms with van der Waals surface area (Å²) in [6.45, 7) is 1.73. The molecule has 0 aromatic carbocycles. The Kier molecular flexibility index (Phi) is 2.25. The van der Waals surface area contributed by atoms with Gasteiger partial charge in [0.25, 0.3) is 0 Å². The van der Waals surface area contributed by atoms with Gasteiger partial charge < -0.3 is 15.4 Å². The van der Waals surface area contributed by atoms with Crippen LogP contribution in [0.4, 0.5) is 0 Å². The number of fused-ring (bicyclic) bond motifs is 1. The zero-order valence-electron chi connectivity index (χ0n) is 8.94. The van der Waals surface area contributed by atoms with Gasteiger partial charge in [0.05, 0.1) is 12.1 Å². The van der Waals surface area contributed by atoms with E-state index in [1.165, 1.54) is 0 Å². The van der Waals surface area contributed by atoms with Gasteiger partial charge in [-0.2, -0.15) is 0 Å². The SMILES string of the molecule is Cn1cc(C(C)(N)CO)c2cccnc21. The van der Waals surface area contributed by atoms with Gasteiger partial charge in [-0.15, -0.1) is 0 Å². The number of rotatable bonds is 2. The number of nitrogens with two attached hydrogens (primary N) is 1. The predicted octanol–water partition coefficient (Wildman–Crippen LogP) is 0.740. The molecule has 2 heterocycles. The Hall–Kier alpha value is -1.39. The summed E-state index contributed by atoms with van der Waals surface area (Å²) in [7, 11) is 1.92. The van der Waals surface area contributed by atoms with Gasteiger partial charge in [-0.05, 0) is 19.1 Å². The van der Waals surface area contributed by atoms with Crippen LogP contribution in [-0.4, -0.2) is 21.3 Å². The largest absolute Gasteiger partial charge is 0.394 e. The standard InChI is InChI=1S/C11H15N3O/c1-11(12,7-15)9-6-14(2)10-8(9)4-3-5-13-10/h3-6,15H,7,12H2,1-2H3. The van der Waals surface area contributed by atoms with Crippen molar-refractivity contribution in [2.75, 3.05) is 6.61 Å². The number of aryl methyl sites for hydroxylation is 1. The fraction of sp³-hybridized carbons (Fsp3) is 0.364. The summed E-state index contributed by atoms with van der Waals surface area (Å²) in [5.41, 5.74) is 7.12. The van der Waals surface area contributed by atoms with Gasteiger partial charge in [-0.1, -0.05) is 0 Å². The maximum atomic E-state index is 9.26. The lowest BCUT2D eigenvalue weighted by molar-refractivity contribution is 0.211. The lowest BCUT2D eigenvalue weighted by Gasteiger charge is -2.20. The van der Waals surface area contributed by atoms with Crippen LogP contribution in [0.2, 0.25) is 0 Å². The highest BCUT2D eigenvalue weighted by Crippen LogP contribution is 2.26. The first-order valence-electron chi connectivity index (χ1n) is 4.86. The van der Waals surface area contributed by atoms with Crippen molar-refractivity contribution in [1.29, 1.82) is 0 Å². The molecule has 0 bridgehead atoms. The molecule has 0 aliphatic carbocycles. The van der Waals surface area contributed by atoms with E-state index in [-0.39, 0.29) is 6.61 Å². The highest BCUT2D eigenvalue weighted by molar-refractivity contribution is 5.81. The molecule has 4 heteroatoms. The molecule has 0 amide bonds. The van der Waals surface area contributed by atoms with Crippen LogP contribution in [0.1, 0.15) is 12.5 Å². The van der Waals surface area contributed by atoms with Crippen molar-refractivity contribution < 1.29 is 5.11 Å². The van der Waals surface area contributed by atoms with E-state index < -0.39 is 5.54 Å². The Labute approximate surface area is 88.3 Å². The van der Waals surface area contributed by atoms with Gasteiger partial charge in [0.15, 0.2) is 0 Å². The number of aliphatic hydroxyl groups is 1. The molecule has 0 radical (unpaired) electrons. The van der Waals surface area contributed by atoms with E-state index in [4.69, 9.17) is 5.73 Å². The molecular formula is C11H15N3O. The summed E-state index contributed by atoms with van der Waals surface area (Å²) in [5.74, 6) is 0. The number of nitrogens with zero attached hydrogens (tertiary/aromatic N) is 2.